The topological polar surface area (TPSA) is 45.7 Å². The van der Waals surface area contributed by atoms with Crippen molar-refractivity contribution in [2.75, 3.05) is 20.2 Å². The van der Waals surface area contributed by atoms with Crippen molar-refractivity contribution in [3.05, 3.63) is 29.3 Å². The molecule has 120 valence electrons. The van der Waals surface area contributed by atoms with Gasteiger partial charge >= 0.3 is 0 Å². The predicted molar refractivity (Wildman–Crippen MR) is 90.6 cm³/mol. The van der Waals surface area contributed by atoms with Gasteiger partial charge in [0.2, 0.25) is 0 Å². The van der Waals surface area contributed by atoms with E-state index in [9.17, 15) is 0 Å². The van der Waals surface area contributed by atoms with E-state index in [2.05, 4.69) is 40.7 Å². The zero-order chi connectivity index (χ0) is 15.4. The molecular formula is C18H27N3O. The summed E-state index contributed by atoms with van der Waals surface area (Å²) in [6, 6.07) is 7.17. The van der Waals surface area contributed by atoms with Gasteiger partial charge in [0.15, 0.2) is 5.96 Å². The number of guanidine groups is 1. The number of rotatable bonds is 6. The summed E-state index contributed by atoms with van der Waals surface area (Å²) in [5.41, 5.74) is 2.71. The first-order chi connectivity index (χ1) is 10.8. The summed E-state index contributed by atoms with van der Waals surface area (Å²) in [4.78, 5) is 4.33. The number of aliphatic imine (C=N–C) groups is 1. The van der Waals surface area contributed by atoms with Crippen molar-refractivity contribution in [2.45, 2.75) is 45.1 Å². The van der Waals surface area contributed by atoms with Crippen LogP contribution < -0.4 is 15.4 Å². The average Bonchev–Trinajstić information content (AvgIpc) is 3.08. The molecule has 4 nitrogen and oxygen atoms in total. The molecule has 1 aromatic carbocycles. The summed E-state index contributed by atoms with van der Waals surface area (Å²) in [5, 5.41) is 6.95. The fourth-order valence-electron chi connectivity index (χ4n) is 3.21. The Morgan fingerprint density at radius 2 is 2.32 bits per heavy atom. The lowest BCUT2D eigenvalue weighted by atomic mass is 10.1. The van der Waals surface area contributed by atoms with Crippen LogP contribution in [0.1, 0.15) is 37.3 Å². The Morgan fingerprint density at radius 1 is 1.41 bits per heavy atom. The number of hydrogen-bond donors (Lipinski definition) is 2. The standard InChI is InChI=1S/C18H27N3O/c1-3-4-14-12-16(14)21-18(19-2)20-9-7-13-5-6-17-15(11-13)8-10-22-17/h5-6,11,14,16H,3-4,7-10,12H2,1-2H3,(H2,19,20,21). The Labute approximate surface area is 133 Å². The van der Waals surface area contributed by atoms with Crippen molar-refractivity contribution in [1.29, 1.82) is 0 Å². The lowest BCUT2D eigenvalue weighted by Crippen LogP contribution is -2.40. The molecule has 0 saturated heterocycles. The predicted octanol–water partition coefficient (Wildman–Crippen LogP) is 2.52. The zero-order valence-electron chi connectivity index (χ0n) is 13.7. The highest BCUT2D eigenvalue weighted by molar-refractivity contribution is 5.80. The van der Waals surface area contributed by atoms with Gasteiger partial charge in [-0.3, -0.25) is 4.99 Å². The number of nitrogens with zero attached hydrogens (tertiary/aromatic N) is 1. The molecule has 2 unspecified atom stereocenters. The highest BCUT2D eigenvalue weighted by Gasteiger charge is 2.36. The highest BCUT2D eigenvalue weighted by Crippen LogP contribution is 2.34. The average molecular weight is 301 g/mol. The Bertz CT molecular complexity index is 541. The van der Waals surface area contributed by atoms with Crippen LogP contribution in [0.3, 0.4) is 0 Å². The smallest absolute Gasteiger partial charge is 0.191 e. The number of hydrogen-bond acceptors (Lipinski definition) is 2. The van der Waals surface area contributed by atoms with Gasteiger partial charge in [-0.15, -0.1) is 0 Å². The molecule has 0 amide bonds. The maximum Gasteiger partial charge on any atom is 0.191 e. The van der Waals surface area contributed by atoms with Crippen molar-refractivity contribution >= 4 is 5.96 Å². The molecule has 1 saturated carbocycles. The first kappa shape index (κ1) is 15.2. The van der Waals surface area contributed by atoms with Crippen LogP contribution >= 0.6 is 0 Å². The maximum absolute atomic E-state index is 5.55. The normalized spacial score (nSPS) is 22.9. The lowest BCUT2D eigenvalue weighted by Gasteiger charge is -2.12. The molecule has 4 heteroatoms. The van der Waals surface area contributed by atoms with E-state index in [1.54, 1.807) is 0 Å². The van der Waals surface area contributed by atoms with Crippen LogP contribution in [0.5, 0.6) is 5.75 Å². The van der Waals surface area contributed by atoms with Crippen molar-refractivity contribution in [1.82, 2.24) is 10.6 Å². The van der Waals surface area contributed by atoms with E-state index in [1.807, 2.05) is 7.05 Å². The van der Waals surface area contributed by atoms with Crippen molar-refractivity contribution < 1.29 is 4.74 Å². The van der Waals surface area contributed by atoms with E-state index in [-0.39, 0.29) is 0 Å². The van der Waals surface area contributed by atoms with E-state index in [4.69, 9.17) is 4.74 Å². The number of fused-ring (bicyclic) bond motifs is 1. The zero-order valence-corrected chi connectivity index (χ0v) is 13.7. The van der Waals surface area contributed by atoms with Gasteiger partial charge in [-0.1, -0.05) is 25.5 Å². The third kappa shape index (κ3) is 3.73. The van der Waals surface area contributed by atoms with E-state index in [0.29, 0.717) is 6.04 Å². The summed E-state index contributed by atoms with van der Waals surface area (Å²) in [7, 11) is 1.85. The summed E-state index contributed by atoms with van der Waals surface area (Å²) in [6.07, 6.45) is 5.94. The molecule has 1 heterocycles. The second kappa shape index (κ2) is 7.03. The summed E-state index contributed by atoms with van der Waals surface area (Å²) >= 11 is 0. The van der Waals surface area contributed by atoms with Crippen molar-refractivity contribution in [3.8, 4) is 5.75 Å². The number of nitrogens with one attached hydrogen (secondary N) is 2. The molecule has 22 heavy (non-hydrogen) atoms. The fraction of sp³-hybridized carbons (Fsp3) is 0.611. The number of ether oxygens (including phenoxy) is 1. The third-order valence-electron chi connectivity index (χ3n) is 4.59. The van der Waals surface area contributed by atoms with Crippen LogP contribution in [0.15, 0.2) is 23.2 Å². The fourth-order valence-corrected chi connectivity index (χ4v) is 3.21. The molecule has 0 bridgehead atoms. The summed E-state index contributed by atoms with van der Waals surface area (Å²) < 4.78 is 5.55. The van der Waals surface area contributed by atoms with E-state index < -0.39 is 0 Å². The molecule has 1 fully saturated rings. The first-order valence-corrected chi connectivity index (χ1v) is 8.52. The third-order valence-corrected chi connectivity index (χ3v) is 4.59. The van der Waals surface area contributed by atoms with Gasteiger partial charge in [0.25, 0.3) is 0 Å². The Kier molecular flexibility index (Phi) is 4.86. The molecule has 2 atom stereocenters. The summed E-state index contributed by atoms with van der Waals surface area (Å²) in [6.45, 7) is 3.99. The Balaban J connectivity index is 1.42. The van der Waals surface area contributed by atoms with Gasteiger partial charge < -0.3 is 15.4 Å². The molecule has 3 rings (SSSR count). The van der Waals surface area contributed by atoms with Gasteiger partial charge in [0.1, 0.15) is 5.75 Å². The molecule has 1 aromatic rings. The largest absolute Gasteiger partial charge is 0.493 e. The van der Waals surface area contributed by atoms with Gasteiger partial charge in [0.05, 0.1) is 6.61 Å². The van der Waals surface area contributed by atoms with E-state index in [1.165, 1.54) is 30.4 Å². The Morgan fingerprint density at radius 3 is 3.14 bits per heavy atom. The van der Waals surface area contributed by atoms with E-state index >= 15 is 0 Å². The minimum atomic E-state index is 0.628. The van der Waals surface area contributed by atoms with Crippen LogP contribution in [-0.4, -0.2) is 32.2 Å². The van der Waals surface area contributed by atoms with Gasteiger partial charge in [0, 0.05) is 26.1 Å². The second-order valence-electron chi connectivity index (χ2n) is 6.32. The molecule has 2 aliphatic rings. The first-order valence-electron chi connectivity index (χ1n) is 8.52. The number of benzene rings is 1. The van der Waals surface area contributed by atoms with Crippen LogP contribution in [0, 0.1) is 5.92 Å². The highest BCUT2D eigenvalue weighted by atomic mass is 16.5. The molecule has 1 aliphatic heterocycles. The van der Waals surface area contributed by atoms with Gasteiger partial charge in [-0.2, -0.15) is 0 Å². The van der Waals surface area contributed by atoms with Crippen molar-refractivity contribution in [2.24, 2.45) is 10.9 Å². The van der Waals surface area contributed by atoms with E-state index in [0.717, 1.165) is 43.6 Å². The second-order valence-corrected chi connectivity index (χ2v) is 6.32. The quantitative estimate of drug-likeness (QED) is 0.627. The van der Waals surface area contributed by atoms with Crippen molar-refractivity contribution in [3.63, 3.8) is 0 Å². The molecule has 0 spiro atoms. The van der Waals surface area contributed by atoms with Crippen LogP contribution in [-0.2, 0) is 12.8 Å². The molecule has 2 N–H and O–H groups in total. The molecule has 0 aromatic heterocycles. The van der Waals surface area contributed by atoms with Crippen LogP contribution in [0.4, 0.5) is 0 Å². The summed E-state index contributed by atoms with van der Waals surface area (Å²) in [5.74, 6) is 2.85. The maximum atomic E-state index is 5.55. The minimum Gasteiger partial charge on any atom is -0.493 e. The monoisotopic (exact) mass is 301 g/mol. The van der Waals surface area contributed by atoms with Gasteiger partial charge in [-0.25, -0.2) is 0 Å². The molecule has 1 aliphatic carbocycles. The molecule has 0 radical (unpaired) electrons. The Hall–Kier alpha value is -1.71. The van der Waals surface area contributed by atoms with Crippen LogP contribution in [0.25, 0.3) is 0 Å². The molecular weight excluding hydrogens is 274 g/mol. The lowest BCUT2D eigenvalue weighted by molar-refractivity contribution is 0.357. The van der Waals surface area contributed by atoms with Crippen LogP contribution in [0.2, 0.25) is 0 Å². The minimum absolute atomic E-state index is 0.628. The SMILES string of the molecule is CCCC1CC1NC(=NC)NCCc1ccc2c(c1)CCO2. The van der Waals surface area contributed by atoms with Gasteiger partial charge in [-0.05, 0) is 42.4 Å².